The Morgan fingerprint density at radius 1 is 1.02 bits per heavy atom. The van der Waals surface area contributed by atoms with Crippen LogP contribution in [0.25, 0.3) is 11.2 Å². The smallest absolute Gasteiger partial charge is 0.336 e. The van der Waals surface area contributed by atoms with Crippen LogP contribution < -0.4 is 10.8 Å². The van der Waals surface area contributed by atoms with Gasteiger partial charge in [-0.15, -0.1) is 0 Å². The van der Waals surface area contributed by atoms with Crippen LogP contribution in [0, 0.1) is 0 Å². The molecule has 1 aromatic carbocycles. The van der Waals surface area contributed by atoms with Crippen LogP contribution in [0.5, 0.6) is 0 Å². The summed E-state index contributed by atoms with van der Waals surface area (Å²) in [5.41, 5.74) is 6.20. The Balaban J connectivity index is 1.86. The van der Waals surface area contributed by atoms with Crippen molar-refractivity contribution in [1.29, 1.82) is 0 Å². The zero-order valence-corrected chi connectivity index (χ0v) is 26.0. The molecule has 3 atom stereocenters. The zero-order chi connectivity index (χ0) is 31.1. The molecule has 3 N–H and O–H groups in total. The van der Waals surface area contributed by atoms with E-state index in [1.165, 1.54) is 20.2 Å². The average molecular weight is 605 g/mol. The molecular formula is C28H41N6O7P. The Morgan fingerprint density at radius 3 is 2.33 bits per heavy atom. The van der Waals surface area contributed by atoms with E-state index in [1.54, 1.807) is 45.5 Å². The molecule has 0 aliphatic heterocycles. The summed E-state index contributed by atoms with van der Waals surface area (Å²) in [6.07, 6.45) is -0.0577. The highest BCUT2D eigenvalue weighted by molar-refractivity contribution is 7.56. The minimum Gasteiger partial charge on any atom is -0.462 e. The van der Waals surface area contributed by atoms with Gasteiger partial charge in [0.05, 0.1) is 31.2 Å². The molecular weight excluding hydrogens is 563 g/mol. The van der Waals surface area contributed by atoms with Crippen molar-refractivity contribution in [3.63, 3.8) is 0 Å². The lowest BCUT2D eigenvalue weighted by Crippen LogP contribution is -2.48. The van der Waals surface area contributed by atoms with Gasteiger partial charge in [-0.3, -0.25) is 9.36 Å². The maximum atomic E-state index is 14.4. The highest BCUT2D eigenvalue weighted by Crippen LogP contribution is 2.47. The van der Waals surface area contributed by atoms with E-state index in [0.717, 1.165) is 5.56 Å². The van der Waals surface area contributed by atoms with Crippen molar-refractivity contribution in [2.24, 2.45) is 0 Å². The number of hydrogen-bond acceptors (Lipinski definition) is 11. The molecule has 0 saturated heterocycles. The molecule has 3 aromatic rings. The van der Waals surface area contributed by atoms with Crippen LogP contribution in [-0.4, -0.2) is 67.8 Å². The number of nitrogens with zero attached hydrogens (tertiary/aromatic N) is 4. The van der Waals surface area contributed by atoms with E-state index in [9.17, 15) is 14.2 Å². The van der Waals surface area contributed by atoms with E-state index in [2.05, 4.69) is 20.0 Å². The lowest BCUT2D eigenvalue weighted by atomic mass is 10.1. The Kier molecular flexibility index (Phi) is 11.2. The third kappa shape index (κ3) is 9.32. The lowest BCUT2D eigenvalue weighted by molar-refractivity contribution is -0.156. The van der Waals surface area contributed by atoms with Gasteiger partial charge in [0.1, 0.15) is 23.7 Å². The lowest BCUT2D eigenvalue weighted by Gasteiger charge is -2.32. The van der Waals surface area contributed by atoms with Crippen molar-refractivity contribution in [1.82, 2.24) is 24.6 Å². The first-order chi connectivity index (χ1) is 19.7. The van der Waals surface area contributed by atoms with Crippen LogP contribution in [0.4, 0.5) is 5.82 Å². The second-order valence-corrected chi connectivity index (χ2v) is 13.1. The number of benzene rings is 1. The van der Waals surface area contributed by atoms with Crippen LogP contribution in [-0.2, 0) is 45.9 Å². The van der Waals surface area contributed by atoms with Crippen molar-refractivity contribution in [2.75, 3.05) is 12.1 Å². The summed E-state index contributed by atoms with van der Waals surface area (Å²) in [6.45, 7) is 12.0. The first-order valence-electron chi connectivity index (χ1n) is 13.7. The van der Waals surface area contributed by atoms with Gasteiger partial charge in [0.25, 0.3) is 7.52 Å². The normalized spacial score (nSPS) is 15.0. The van der Waals surface area contributed by atoms with Gasteiger partial charge in [-0.05, 0) is 54.0 Å². The van der Waals surface area contributed by atoms with Gasteiger partial charge in [-0.1, -0.05) is 30.3 Å². The maximum Gasteiger partial charge on any atom is 0.336 e. The van der Waals surface area contributed by atoms with Gasteiger partial charge in [0.2, 0.25) is 0 Å². The summed E-state index contributed by atoms with van der Waals surface area (Å²) in [4.78, 5) is 38.4. The Morgan fingerprint density at radius 2 is 1.69 bits per heavy atom. The molecule has 0 saturated carbocycles. The van der Waals surface area contributed by atoms with E-state index >= 15 is 0 Å². The molecule has 13 nitrogen and oxygen atoms in total. The van der Waals surface area contributed by atoms with Crippen molar-refractivity contribution >= 4 is 36.4 Å². The summed E-state index contributed by atoms with van der Waals surface area (Å²) in [5.74, 6) is -1.07. The molecule has 0 unspecified atom stereocenters. The van der Waals surface area contributed by atoms with Gasteiger partial charge in [0.15, 0.2) is 17.6 Å². The van der Waals surface area contributed by atoms with Crippen LogP contribution in [0.2, 0.25) is 0 Å². The summed E-state index contributed by atoms with van der Waals surface area (Å²) in [7, 11) is -4.07. The van der Waals surface area contributed by atoms with E-state index in [4.69, 9.17) is 24.5 Å². The number of rotatable bonds is 15. The number of carbonyl (C=O) groups is 2. The van der Waals surface area contributed by atoms with Gasteiger partial charge in [-0.25, -0.2) is 24.8 Å². The Hall–Kier alpha value is -3.38. The number of anilines is 1. The number of nitrogens with two attached hydrogens (primary N) is 1. The monoisotopic (exact) mass is 604 g/mol. The maximum absolute atomic E-state index is 14.4. The number of esters is 2. The van der Waals surface area contributed by atoms with E-state index in [1.807, 2.05) is 30.3 Å². The first kappa shape index (κ1) is 33.1. The van der Waals surface area contributed by atoms with Crippen LogP contribution in [0.1, 0.15) is 54.0 Å². The zero-order valence-electron chi connectivity index (χ0n) is 25.1. The second-order valence-electron chi connectivity index (χ2n) is 11.1. The average Bonchev–Trinajstić information content (AvgIpc) is 3.30. The fourth-order valence-electron chi connectivity index (χ4n) is 4.01. The van der Waals surface area contributed by atoms with Crippen molar-refractivity contribution < 1.29 is 32.9 Å². The number of ether oxygens (including phenoxy) is 3. The third-order valence-electron chi connectivity index (χ3n) is 5.89. The fourth-order valence-corrected chi connectivity index (χ4v) is 6.16. The van der Waals surface area contributed by atoms with Crippen molar-refractivity contribution in [2.45, 2.75) is 91.4 Å². The van der Waals surface area contributed by atoms with Gasteiger partial charge in [0, 0.05) is 6.42 Å². The Bertz CT molecular complexity index is 1400. The summed E-state index contributed by atoms with van der Waals surface area (Å²) in [6, 6.07) is 9.15. The van der Waals surface area contributed by atoms with Gasteiger partial charge in [-0.2, -0.15) is 0 Å². The molecule has 3 rings (SSSR count). The predicted octanol–water partition coefficient (Wildman–Crippen LogP) is 3.86. The number of nitrogens with one attached hydrogen (secondary N) is 1. The second kappa shape index (κ2) is 14.2. The summed E-state index contributed by atoms with van der Waals surface area (Å²) in [5, 5.41) is 2.82. The molecule has 14 heteroatoms. The molecule has 0 spiro atoms. The number of hydrogen-bond donors (Lipinski definition) is 2. The largest absolute Gasteiger partial charge is 0.462 e. The number of carbonyl (C=O) groups excluding carboxylic acids is 2. The van der Waals surface area contributed by atoms with Gasteiger partial charge >= 0.3 is 11.9 Å². The fraction of sp³-hybridized carbons (Fsp3) is 0.536. The molecule has 0 aliphatic rings. The molecule has 2 aromatic heterocycles. The molecule has 0 amide bonds. The molecule has 0 aliphatic carbocycles. The number of imidazole rings is 1. The molecule has 42 heavy (non-hydrogen) atoms. The van der Waals surface area contributed by atoms with Crippen LogP contribution >= 0.6 is 7.52 Å². The summed E-state index contributed by atoms with van der Waals surface area (Å²) >= 11 is 0. The molecule has 2 heterocycles. The van der Waals surface area contributed by atoms with E-state index < -0.39 is 55.8 Å². The minimum absolute atomic E-state index is 0.0899. The van der Waals surface area contributed by atoms with Crippen molar-refractivity contribution in [3.8, 4) is 0 Å². The standard InChI is InChI=1S/C28H41N6O7P/c1-18(2)39-26(35)22(13-21-11-9-8-10-12-21)41-42(37,33-28(6,7)27(36)40-19(3)4)17-38-20(5)14-34-16-32-23-24(29)30-15-31-25(23)34/h8-12,15-16,18-20,22H,13-14,17H2,1-7H3,(H,33,37)(H2,29,30,31)/t20-,22+,42-/m1/s1. The highest BCUT2D eigenvalue weighted by atomic mass is 31.2. The SMILES string of the molecule is CC(C)OC(=O)[C@H](Cc1ccccc1)O[P@](=O)(CO[C@H](C)Cn1cnc2c(N)ncnc21)NC(C)(C)C(=O)OC(C)C. The summed E-state index contributed by atoms with van der Waals surface area (Å²) < 4.78 is 39.0. The molecule has 0 fully saturated rings. The number of aromatic nitrogens is 4. The minimum atomic E-state index is -4.07. The van der Waals surface area contributed by atoms with Crippen LogP contribution in [0.15, 0.2) is 43.0 Å². The van der Waals surface area contributed by atoms with E-state index in [-0.39, 0.29) is 18.8 Å². The number of fused-ring (bicyclic) bond motifs is 1. The third-order valence-corrected chi connectivity index (χ3v) is 7.88. The number of nitrogen functional groups attached to an aromatic ring is 1. The highest BCUT2D eigenvalue weighted by Gasteiger charge is 2.42. The van der Waals surface area contributed by atoms with Crippen molar-refractivity contribution in [3.05, 3.63) is 48.5 Å². The van der Waals surface area contributed by atoms with Gasteiger partial charge < -0.3 is 29.0 Å². The quantitative estimate of drug-likeness (QED) is 0.190. The molecule has 0 radical (unpaired) electrons. The topological polar surface area (TPSA) is 170 Å². The first-order valence-corrected chi connectivity index (χ1v) is 15.6. The molecule has 0 bridgehead atoms. The Labute approximate surface area is 246 Å². The molecule has 230 valence electrons. The predicted molar refractivity (Wildman–Crippen MR) is 157 cm³/mol. The van der Waals surface area contributed by atoms with Crippen LogP contribution in [0.3, 0.4) is 0 Å². The van der Waals surface area contributed by atoms with E-state index in [0.29, 0.717) is 11.2 Å².